The Hall–Kier alpha value is -2.59. The number of primary amides is 1. The summed E-state index contributed by atoms with van der Waals surface area (Å²) in [4.78, 5) is 14.5. The van der Waals surface area contributed by atoms with Gasteiger partial charge in [0.25, 0.3) is 5.91 Å². The van der Waals surface area contributed by atoms with Crippen LogP contribution in [0.1, 0.15) is 28.0 Å². The molecule has 1 aliphatic heterocycles. The van der Waals surface area contributed by atoms with Gasteiger partial charge in [-0.15, -0.1) is 0 Å². The summed E-state index contributed by atoms with van der Waals surface area (Å²) in [5.74, 6) is -0.422. The Morgan fingerprint density at radius 1 is 1.12 bits per heavy atom. The van der Waals surface area contributed by atoms with E-state index >= 15 is 0 Å². The molecule has 24 heavy (non-hydrogen) atoms. The molecule has 1 atom stereocenters. The summed E-state index contributed by atoms with van der Waals surface area (Å²) < 4.78 is 0. The molecule has 0 saturated carbocycles. The molecule has 4 heteroatoms. The fraction of sp³-hybridized carbons (Fsp3) is 0.250. The maximum atomic E-state index is 11.4. The summed E-state index contributed by atoms with van der Waals surface area (Å²) in [6.07, 6.45) is 2.12. The molecule has 1 aliphatic rings. The molecule has 122 valence electrons. The third-order valence-electron chi connectivity index (χ3n) is 5.13. The maximum Gasteiger partial charge on any atom is 0.265 e. The van der Waals surface area contributed by atoms with Crippen molar-refractivity contribution in [3.8, 4) is 0 Å². The first-order valence-corrected chi connectivity index (χ1v) is 8.34. The van der Waals surface area contributed by atoms with Crippen LogP contribution in [0.4, 0.5) is 0 Å². The number of hydrogen-bond acceptors (Lipinski definition) is 2. The number of amides is 1. The van der Waals surface area contributed by atoms with Gasteiger partial charge in [0.1, 0.15) is 5.69 Å². The van der Waals surface area contributed by atoms with Crippen molar-refractivity contribution in [2.24, 2.45) is 5.73 Å². The smallest absolute Gasteiger partial charge is 0.265 e. The fourth-order valence-electron chi connectivity index (χ4n) is 3.82. The summed E-state index contributed by atoms with van der Waals surface area (Å²) in [5, 5.41) is 4.56. The number of fused-ring (bicyclic) bond motifs is 1. The number of rotatable bonds is 4. The molecule has 0 aliphatic carbocycles. The van der Waals surface area contributed by atoms with E-state index in [1.165, 1.54) is 11.1 Å². The van der Waals surface area contributed by atoms with E-state index in [-0.39, 0.29) is 5.41 Å². The lowest BCUT2D eigenvalue weighted by Crippen LogP contribution is -2.31. The van der Waals surface area contributed by atoms with Gasteiger partial charge < -0.3 is 16.0 Å². The third kappa shape index (κ3) is 2.59. The van der Waals surface area contributed by atoms with E-state index in [4.69, 9.17) is 5.73 Å². The van der Waals surface area contributed by atoms with Crippen LogP contribution in [0.2, 0.25) is 0 Å². The number of aromatic nitrogens is 1. The summed E-state index contributed by atoms with van der Waals surface area (Å²) in [6, 6.07) is 18.9. The number of carbonyl (C=O) groups excluding carboxylic acids is 1. The molecule has 4 nitrogen and oxygen atoms in total. The van der Waals surface area contributed by atoms with Crippen LogP contribution in [0.5, 0.6) is 0 Å². The highest BCUT2D eigenvalue weighted by Gasteiger charge is 2.35. The normalized spacial score (nSPS) is 20.5. The highest BCUT2D eigenvalue weighted by atomic mass is 16.1. The average Bonchev–Trinajstić information content (AvgIpc) is 3.22. The molecule has 4 rings (SSSR count). The van der Waals surface area contributed by atoms with Gasteiger partial charge in [0.15, 0.2) is 0 Å². The minimum absolute atomic E-state index is 0.0969. The Balaban J connectivity index is 1.75. The highest BCUT2D eigenvalue weighted by Crippen LogP contribution is 2.36. The lowest BCUT2D eigenvalue weighted by molar-refractivity contribution is 0.0996. The molecule has 3 aromatic rings. The summed E-state index contributed by atoms with van der Waals surface area (Å²) in [5.41, 5.74) is 9.57. The van der Waals surface area contributed by atoms with Gasteiger partial charge in [-0.05, 0) is 48.7 Å². The number of nitrogens with one attached hydrogen (secondary N) is 2. The lowest BCUT2D eigenvalue weighted by Gasteiger charge is -2.29. The molecular formula is C20H21N3O. The number of H-pyrrole nitrogens is 1. The van der Waals surface area contributed by atoms with E-state index in [0.717, 1.165) is 36.8 Å². The Bertz CT molecular complexity index is 876. The monoisotopic (exact) mass is 319 g/mol. The Labute approximate surface area is 141 Å². The first kappa shape index (κ1) is 15.0. The minimum atomic E-state index is -0.422. The quantitative estimate of drug-likeness (QED) is 0.692. The zero-order valence-corrected chi connectivity index (χ0v) is 13.5. The van der Waals surface area contributed by atoms with Crippen LogP contribution in [0.25, 0.3) is 10.9 Å². The topological polar surface area (TPSA) is 70.9 Å². The van der Waals surface area contributed by atoms with Crippen LogP contribution in [0.3, 0.4) is 0 Å². The molecule has 4 N–H and O–H groups in total. The van der Waals surface area contributed by atoms with Crippen LogP contribution >= 0.6 is 0 Å². The SMILES string of the molecule is NC(=O)c1cc2cc(C3(Cc4ccccc4)CCNC3)ccc2[nH]1. The van der Waals surface area contributed by atoms with Gasteiger partial charge in [-0.3, -0.25) is 4.79 Å². The van der Waals surface area contributed by atoms with Gasteiger partial charge in [-0.2, -0.15) is 0 Å². The molecule has 1 unspecified atom stereocenters. The van der Waals surface area contributed by atoms with Crippen LogP contribution in [-0.2, 0) is 11.8 Å². The number of benzene rings is 2. The fourth-order valence-corrected chi connectivity index (χ4v) is 3.82. The molecule has 2 aromatic carbocycles. The average molecular weight is 319 g/mol. The van der Waals surface area contributed by atoms with E-state index in [0.29, 0.717) is 5.69 Å². The molecular weight excluding hydrogens is 298 g/mol. The zero-order valence-electron chi connectivity index (χ0n) is 13.5. The Kier molecular flexibility index (Phi) is 3.62. The zero-order chi connectivity index (χ0) is 16.6. The molecule has 0 bridgehead atoms. The largest absolute Gasteiger partial charge is 0.364 e. The molecule has 1 aromatic heterocycles. The molecule has 1 fully saturated rings. The van der Waals surface area contributed by atoms with Gasteiger partial charge in [-0.1, -0.05) is 36.4 Å². The number of nitrogens with two attached hydrogens (primary N) is 1. The lowest BCUT2D eigenvalue weighted by atomic mass is 9.74. The molecule has 1 saturated heterocycles. The van der Waals surface area contributed by atoms with E-state index in [2.05, 4.69) is 58.8 Å². The Morgan fingerprint density at radius 2 is 1.96 bits per heavy atom. The molecule has 2 heterocycles. The van der Waals surface area contributed by atoms with Crippen molar-refractivity contribution in [2.75, 3.05) is 13.1 Å². The number of hydrogen-bond donors (Lipinski definition) is 3. The van der Waals surface area contributed by atoms with Crippen molar-refractivity contribution >= 4 is 16.8 Å². The van der Waals surface area contributed by atoms with Crippen molar-refractivity contribution in [3.63, 3.8) is 0 Å². The number of carbonyl (C=O) groups is 1. The van der Waals surface area contributed by atoms with Crippen LogP contribution in [-0.4, -0.2) is 24.0 Å². The van der Waals surface area contributed by atoms with Gasteiger partial charge in [0, 0.05) is 22.9 Å². The Morgan fingerprint density at radius 3 is 2.67 bits per heavy atom. The molecule has 1 amide bonds. The first-order valence-electron chi connectivity index (χ1n) is 8.34. The van der Waals surface area contributed by atoms with Crippen molar-refractivity contribution in [2.45, 2.75) is 18.3 Å². The predicted octanol–water partition coefficient (Wildman–Crippen LogP) is 2.74. The first-order chi connectivity index (χ1) is 11.7. The van der Waals surface area contributed by atoms with Crippen molar-refractivity contribution in [1.29, 1.82) is 0 Å². The standard InChI is InChI=1S/C20H21N3O/c21-19(24)18-11-15-10-16(6-7-17(15)23-18)20(8-9-22-13-20)12-14-4-2-1-3-5-14/h1-7,10-11,22-23H,8-9,12-13H2,(H2,21,24). The van der Waals surface area contributed by atoms with Crippen LogP contribution < -0.4 is 11.1 Å². The molecule has 0 radical (unpaired) electrons. The summed E-state index contributed by atoms with van der Waals surface area (Å²) in [7, 11) is 0. The van der Waals surface area contributed by atoms with E-state index < -0.39 is 5.91 Å². The third-order valence-corrected chi connectivity index (χ3v) is 5.13. The second kappa shape index (κ2) is 5.80. The van der Waals surface area contributed by atoms with Crippen molar-refractivity contribution in [1.82, 2.24) is 10.3 Å². The highest BCUT2D eigenvalue weighted by molar-refractivity contribution is 5.97. The van der Waals surface area contributed by atoms with Crippen LogP contribution in [0.15, 0.2) is 54.6 Å². The second-order valence-electron chi connectivity index (χ2n) is 6.72. The summed E-state index contributed by atoms with van der Waals surface area (Å²) >= 11 is 0. The van der Waals surface area contributed by atoms with E-state index in [1.54, 1.807) is 0 Å². The van der Waals surface area contributed by atoms with E-state index in [9.17, 15) is 4.79 Å². The maximum absolute atomic E-state index is 11.4. The van der Waals surface area contributed by atoms with E-state index in [1.807, 2.05) is 6.07 Å². The van der Waals surface area contributed by atoms with Gasteiger partial charge >= 0.3 is 0 Å². The summed E-state index contributed by atoms with van der Waals surface area (Å²) in [6.45, 7) is 2.01. The molecule has 0 spiro atoms. The second-order valence-corrected chi connectivity index (χ2v) is 6.72. The van der Waals surface area contributed by atoms with Gasteiger partial charge in [0.2, 0.25) is 0 Å². The number of aromatic amines is 1. The van der Waals surface area contributed by atoms with Crippen molar-refractivity contribution < 1.29 is 4.79 Å². The minimum Gasteiger partial charge on any atom is -0.364 e. The van der Waals surface area contributed by atoms with Crippen molar-refractivity contribution in [3.05, 3.63) is 71.4 Å². The van der Waals surface area contributed by atoms with Gasteiger partial charge in [0.05, 0.1) is 0 Å². The van der Waals surface area contributed by atoms with Crippen LogP contribution in [0, 0.1) is 0 Å². The predicted molar refractivity (Wildman–Crippen MR) is 96.1 cm³/mol. The van der Waals surface area contributed by atoms with Gasteiger partial charge in [-0.25, -0.2) is 0 Å².